The molecule has 0 atom stereocenters. The summed E-state index contributed by atoms with van der Waals surface area (Å²) >= 11 is 1.51. The second kappa shape index (κ2) is 8.60. The second-order valence-corrected chi connectivity index (χ2v) is 7.77. The molecule has 2 aromatic carbocycles. The van der Waals surface area contributed by atoms with Crippen LogP contribution in [0.4, 0.5) is 10.9 Å². The van der Waals surface area contributed by atoms with E-state index in [1.165, 1.54) is 11.3 Å². The predicted molar refractivity (Wildman–Crippen MR) is 127 cm³/mol. The minimum Gasteiger partial charge on any atom is -0.497 e. The van der Waals surface area contributed by atoms with Crippen molar-refractivity contribution < 1.29 is 9.47 Å². The molecule has 5 rings (SSSR count). The van der Waals surface area contributed by atoms with Gasteiger partial charge < -0.3 is 14.8 Å². The molecule has 0 aliphatic carbocycles. The van der Waals surface area contributed by atoms with Crippen LogP contribution >= 0.6 is 11.3 Å². The summed E-state index contributed by atoms with van der Waals surface area (Å²) in [6, 6.07) is 17.4. The number of benzene rings is 2. The Bertz CT molecular complexity index is 1390. The Hall–Kier alpha value is -4.04. The third-order valence-electron chi connectivity index (χ3n) is 4.92. The van der Waals surface area contributed by atoms with Crippen LogP contribution in [-0.2, 0) is 0 Å². The van der Waals surface area contributed by atoms with Crippen LogP contribution in [0.15, 0.2) is 72.4 Å². The molecule has 3 aromatic heterocycles. The van der Waals surface area contributed by atoms with Gasteiger partial charge in [0.25, 0.3) is 0 Å². The number of pyridine rings is 1. The molecule has 5 aromatic rings. The molecule has 0 saturated carbocycles. The van der Waals surface area contributed by atoms with E-state index in [1.807, 2.05) is 60.0 Å². The number of thiazole rings is 1. The number of fused-ring (bicyclic) bond motifs is 1. The molecule has 0 saturated heterocycles. The number of anilines is 2. The molecule has 0 fully saturated rings. The zero-order valence-corrected chi connectivity index (χ0v) is 18.3. The van der Waals surface area contributed by atoms with Gasteiger partial charge in [0.15, 0.2) is 11.0 Å². The first-order chi connectivity index (χ1) is 15.7. The van der Waals surface area contributed by atoms with Gasteiger partial charge in [-0.2, -0.15) is 0 Å². The summed E-state index contributed by atoms with van der Waals surface area (Å²) in [6.07, 6.45) is 3.48. The quantitative estimate of drug-likeness (QED) is 0.368. The average Bonchev–Trinajstić information content (AvgIpc) is 3.33. The van der Waals surface area contributed by atoms with Crippen molar-refractivity contribution >= 4 is 33.2 Å². The van der Waals surface area contributed by atoms with E-state index in [0.717, 1.165) is 44.4 Å². The van der Waals surface area contributed by atoms with Crippen LogP contribution in [0.5, 0.6) is 11.5 Å². The normalized spacial score (nSPS) is 10.8. The third-order valence-corrected chi connectivity index (χ3v) is 5.68. The molecular formula is C24H19N5O2S. The Kier molecular flexibility index (Phi) is 5.35. The van der Waals surface area contributed by atoms with Gasteiger partial charge in [-0.05, 0) is 42.5 Å². The molecule has 0 unspecified atom stereocenters. The van der Waals surface area contributed by atoms with Gasteiger partial charge in [0.05, 0.1) is 25.4 Å². The minimum absolute atomic E-state index is 0.586. The lowest BCUT2D eigenvalue weighted by atomic mass is 10.2. The molecule has 0 spiro atoms. The summed E-state index contributed by atoms with van der Waals surface area (Å²) in [5.41, 5.74) is 3.48. The summed E-state index contributed by atoms with van der Waals surface area (Å²) in [5, 5.41) is 6.95. The SMILES string of the molecule is COc1cccc(-c2csc(Nc3nc(-c4cccnc4)nc4ccc(OC)cc34)n2)c1. The number of nitrogens with one attached hydrogen (secondary N) is 1. The van der Waals surface area contributed by atoms with Crippen LogP contribution in [0.2, 0.25) is 0 Å². The van der Waals surface area contributed by atoms with E-state index < -0.39 is 0 Å². The van der Waals surface area contributed by atoms with Crippen molar-refractivity contribution in [3.05, 3.63) is 72.4 Å². The highest BCUT2D eigenvalue weighted by molar-refractivity contribution is 7.14. The highest BCUT2D eigenvalue weighted by Crippen LogP contribution is 2.33. The lowest BCUT2D eigenvalue weighted by Gasteiger charge is -2.10. The molecule has 8 heteroatoms. The zero-order valence-electron chi connectivity index (χ0n) is 17.4. The number of aromatic nitrogens is 4. The maximum atomic E-state index is 5.41. The number of methoxy groups -OCH3 is 2. The van der Waals surface area contributed by atoms with Gasteiger partial charge in [-0.1, -0.05) is 12.1 Å². The van der Waals surface area contributed by atoms with Crippen molar-refractivity contribution in [3.63, 3.8) is 0 Å². The van der Waals surface area contributed by atoms with E-state index in [0.29, 0.717) is 11.6 Å². The Morgan fingerprint density at radius 2 is 1.69 bits per heavy atom. The maximum Gasteiger partial charge on any atom is 0.188 e. The summed E-state index contributed by atoms with van der Waals surface area (Å²) in [6.45, 7) is 0. The molecule has 7 nitrogen and oxygen atoms in total. The van der Waals surface area contributed by atoms with E-state index >= 15 is 0 Å². The number of rotatable bonds is 6. The van der Waals surface area contributed by atoms with Crippen molar-refractivity contribution in [2.75, 3.05) is 19.5 Å². The van der Waals surface area contributed by atoms with E-state index in [2.05, 4.69) is 10.3 Å². The Morgan fingerprint density at radius 1 is 0.844 bits per heavy atom. The smallest absolute Gasteiger partial charge is 0.188 e. The number of hydrogen-bond donors (Lipinski definition) is 1. The largest absolute Gasteiger partial charge is 0.497 e. The average molecular weight is 442 g/mol. The van der Waals surface area contributed by atoms with Gasteiger partial charge in [-0.3, -0.25) is 4.98 Å². The minimum atomic E-state index is 0.586. The lowest BCUT2D eigenvalue weighted by Crippen LogP contribution is -2.00. The third kappa shape index (κ3) is 3.95. The van der Waals surface area contributed by atoms with E-state index in [1.54, 1.807) is 26.6 Å². The van der Waals surface area contributed by atoms with Gasteiger partial charge in [0.1, 0.15) is 17.3 Å². The van der Waals surface area contributed by atoms with Gasteiger partial charge in [-0.15, -0.1) is 11.3 Å². The van der Waals surface area contributed by atoms with Crippen molar-refractivity contribution in [1.82, 2.24) is 19.9 Å². The molecule has 0 radical (unpaired) electrons. The maximum absolute atomic E-state index is 5.41. The van der Waals surface area contributed by atoms with E-state index in [4.69, 9.17) is 24.4 Å². The summed E-state index contributed by atoms with van der Waals surface area (Å²) < 4.78 is 10.7. The molecule has 0 aliphatic heterocycles. The fourth-order valence-corrected chi connectivity index (χ4v) is 4.02. The summed E-state index contributed by atoms with van der Waals surface area (Å²) in [5.74, 6) is 2.76. The molecule has 3 heterocycles. The molecule has 1 N–H and O–H groups in total. The van der Waals surface area contributed by atoms with Gasteiger partial charge in [0, 0.05) is 34.3 Å². The Labute approximate surface area is 188 Å². The zero-order chi connectivity index (χ0) is 21.9. The predicted octanol–water partition coefficient (Wildman–Crippen LogP) is 5.58. The first-order valence-corrected chi connectivity index (χ1v) is 10.7. The van der Waals surface area contributed by atoms with Crippen molar-refractivity contribution in [2.24, 2.45) is 0 Å². The van der Waals surface area contributed by atoms with Crippen LogP contribution in [0.1, 0.15) is 0 Å². The molecule has 158 valence electrons. The van der Waals surface area contributed by atoms with Crippen LogP contribution < -0.4 is 14.8 Å². The van der Waals surface area contributed by atoms with Gasteiger partial charge in [0.2, 0.25) is 0 Å². The topological polar surface area (TPSA) is 82.0 Å². The molecule has 32 heavy (non-hydrogen) atoms. The first kappa shape index (κ1) is 19.9. The fraction of sp³-hybridized carbons (Fsp3) is 0.0833. The number of hydrogen-bond acceptors (Lipinski definition) is 8. The van der Waals surface area contributed by atoms with Crippen LogP contribution in [0.3, 0.4) is 0 Å². The van der Waals surface area contributed by atoms with Gasteiger partial charge >= 0.3 is 0 Å². The Morgan fingerprint density at radius 3 is 2.50 bits per heavy atom. The fourth-order valence-electron chi connectivity index (χ4n) is 3.30. The molecular weight excluding hydrogens is 422 g/mol. The number of nitrogens with zero attached hydrogens (tertiary/aromatic N) is 4. The first-order valence-electron chi connectivity index (χ1n) is 9.86. The number of ether oxygens (including phenoxy) is 2. The van der Waals surface area contributed by atoms with Crippen molar-refractivity contribution in [2.45, 2.75) is 0 Å². The second-order valence-electron chi connectivity index (χ2n) is 6.92. The Balaban J connectivity index is 1.56. The molecule has 0 aliphatic rings. The lowest BCUT2D eigenvalue weighted by molar-refractivity contribution is 0.415. The summed E-state index contributed by atoms with van der Waals surface area (Å²) in [7, 11) is 3.29. The highest BCUT2D eigenvalue weighted by atomic mass is 32.1. The van der Waals surface area contributed by atoms with Gasteiger partial charge in [-0.25, -0.2) is 15.0 Å². The van der Waals surface area contributed by atoms with Crippen LogP contribution in [-0.4, -0.2) is 34.2 Å². The van der Waals surface area contributed by atoms with E-state index in [-0.39, 0.29) is 0 Å². The van der Waals surface area contributed by atoms with Crippen LogP contribution in [0.25, 0.3) is 33.5 Å². The highest BCUT2D eigenvalue weighted by Gasteiger charge is 2.13. The monoisotopic (exact) mass is 441 g/mol. The molecule has 0 amide bonds. The van der Waals surface area contributed by atoms with Crippen molar-refractivity contribution in [3.8, 4) is 34.1 Å². The molecule has 0 bridgehead atoms. The summed E-state index contributed by atoms with van der Waals surface area (Å²) in [4.78, 5) is 18.4. The van der Waals surface area contributed by atoms with Crippen LogP contribution in [0, 0.1) is 0 Å². The standard InChI is InChI=1S/C24H19N5O2S/c1-30-17-7-3-5-15(11-17)21-14-32-24(27-21)29-23-19-12-18(31-2)8-9-20(19)26-22(28-23)16-6-4-10-25-13-16/h3-14H,1-2H3,(H,26,27,28,29). The van der Waals surface area contributed by atoms with Crippen molar-refractivity contribution in [1.29, 1.82) is 0 Å². The van der Waals surface area contributed by atoms with E-state index in [9.17, 15) is 0 Å².